The molecule has 0 saturated carbocycles. The summed E-state index contributed by atoms with van der Waals surface area (Å²) in [6.45, 7) is 2.07. The van der Waals surface area contributed by atoms with Crippen LogP contribution in [0.3, 0.4) is 0 Å². The number of hydrogen-bond donors (Lipinski definition) is 1. The minimum absolute atomic E-state index is 0.0399. The fourth-order valence-corrected chi connectivity index (χ4v) is 4.33. The first-order chi connectivity index (χ1) is 9.00. The predicted octanol–water partition coefficient (Wildman–Crippen LogP) is 1.88. The van der Waals surface area contributed by atoms with E-state index in [9.17, 15) is 12.8 Å². The van der Waals surface area contributed by atoms with Crippen molar-refractivity contribution in [2.45, 2.75) is 43.7 Å². The van der Waals surface area contributed by atoms with E-state index in [0.717, 1.165) is 25.3 Å². The minimum Gasteiger partial charge on any atom is -0.392 e. The Morgan fingerprint density at radius 1 is 1.47 bits per heavy atom. The van der Waals surface area contributed by atoms with Gasteiger partial charge in [-0.2, -0.15) is 4.31 Å². The standard InChI is InChI=1S/C13H18FNO3S/c1-2-11-4-3-7-15(11)19(17,18)13-6-5-10(9-16)8-12(13)14/h5-6,8,11,16H,2-4,7,9H2,1H3. The second-order valence-corrected chi connectivity index (χ2v) is 6.60. The zero-order chi connectivity index (χ0) is 14.0. The number of aliphatic hydroxyl groups excluding tert-OH is 1. The third-order valence-corrected chi connectivity index (χ3v) is 5.54. The quantitative estimate of drug-likeness (QED) is 0.920. The predicted molar refractivity (Wildman–Crippen MR) is 69.5 cm³/mol. The molecule has 0 aliphatic carbocycles. The molecule has 6 heteroatoms. The summed E-state index contributed by atoms with van der Waals surface area (Å²) < 4.78 is 40.2. The van der Waals surface area contributed by atoms with Gasteiger partial charge in [0.1, 0.15) is 10.7 Å². The average Bonchev–Trinajstić information content (AvgIpc) is 2.87. The maximum Gasteiger partial charge on any atom is 0.246 e. The van der Waals surface area contributed by atoms with Crippen LogP contribution >= 0.6 is 0 Å². The Bertz CT molecular complexity index is 559. The summed E-state index contributed by atoms with van der Waals surface area (Å²) in [5.74, 6) is -0.798. The number of sulfonamides is 1. The molecule has 1 N–H and O–H groups in total. The van der Waals surface area contributed by atoms with Crippen LogP contribution in [0.15, 0.2) is 23.1 Å². The molecule has 1 heterocycles. The van der Waals surface area contributed by atoms with Gasteiger partial charge in [0, 0.05) is 12.6 Å². The van der Waals surface area contributed by atoms with Crippen LogP contribution in [-0.4, -0.2) is 30.4 Å². The van der Waals surface area contributed by atoms with Crippen molar-refractivity contribution in [3.8, 4) is 0 Å². The number of hydrogen-bond acceptors (Lipinski definition) is 3. The van der Waals surface area contributed by atoms with Crippen molar-refractivity contribution in [2.24, 2.45) is 0 Å². The molecular weight excluding hydrogens is 269 g/mol. The highest BCUT2D eigenvalue weighted by molar-refractivity contribution is 7.89. The largest absolute Gasteiger partial charge is 0.392 e. The van der Waals surface area contributed by atoms with Crippen molar-refractivity contribution in [3.05, 3.63) is 29.6 Å². The molecule has 1 atom stereocenters. The van der Waals surface area contributed by atoms with Crippen molar-refractivity contribution in [1.29, 1.82) is 0 Å². The summed E-state index contributed by atoms with van der Waals surface area (Å²) >= 11 is 0. The Morgan fingerprint density at radius 3 is 2.79 bits per heavy atom. The van der Waals surface area contributed by atoms with Crippen LogP contribution < -0.4 is 0 Å². The molecule has 1 aromatic carbocycles. The molecule has 1 unspecified atom stereocenters. The van der Waals surface area contributed by atoms with E-state index in [4.69, 9.17) is 5.11 Å². The van der Waals surface area contributed by atoms with E-state index < -0.39 is 15.8 Å². The van der Waals surface area contributed by atoms with Gasteiger partial charge in [0.25, 0.3) is 0 Å². The van der Waals surface area contributed by atoms with Crippen LogP contribution in [0.25, 0.3) is 0 Å². The Hall–Kier alpha value is -0.980. The van der Waals surface area contributed by atoms with Crippen molar-refractivity contribution in [2.75, 3.05) is 6.54 Å². The third kappa shape index (κ3) is 2.66. The number of benzene rings is 1. The molecular formula is C13H18FNO3S. The lowest BCUT2D eigenvalue weighted by Crippen LogP contribution is -2.35. The maximum absolute atomic E-state index is 13.9. The van der Waals surface area contributed by atoms with Gasteiger partial charge in [-0.05, 0) is 37.0 Å². The van der Waals surface area contributed by atoms with Gasteiger partial charge in [-0.3, -0.25) is 0 Å². The fourth-order valence-electron chi connectivity index (χ4n) is 2.51. The highest BCUT2D eigenvalue weighted by Gasteiger charge is 2.35. The Balaban J connectivity index is 2.39. The van der Waals surface area contributed by atoms with Gasteiger partial charge in [0.2, 0.25) is 10.0 Å². The van der Waals surface area contributed by atoms with Gasteiger partial charge in [-0.1, -0.05) is 13.0 Å². The van der Waals surface area contributed by atoms with E-state index in [-0.39, 0.29) is 17.5 Å². The molecule has 0 bridgehead atoms. The highest BCUT2D eigenvalue weighted by Crippen LogP contribution is 2.29. The van der Waals surface area contributed by atoms with Crippen LogP contribution in [-0.2, 0) is 16.6 Å². The molecule has 1 aromatic rings. The molecule has 1 aliphatic rings. The van der Waals surface area contributed by atoms with Crippen LogP contribution in [0, 0.1) is 5.82 Å². The monoisotopic (exact) mass is 287 g/mol. The third-order valence-electron chi connectivity index (χ3n) is 3.56. The molecule has 0 radical (unpaired) electrons. The van der Waals surface area contributed by atoms with Gasteiger partial charge in [0.05, 0.1) is 6.61 Å². The van der Waals surface area contributed by atoms with Gasteiger partial charge in [0.15, 0.2) is 0 Å². The zero-order valence-corrected chi connectivity index (χ0v) is 11.7. The Labute approximate surface area is 112 Å². The first kappa shape index (κ1) is 14.4. The van der Waals surface area contributed by atoms with Gasteiger partial charge in [-0.25, -0.2) is 12.8 Å². The number of nitrogens with zero attached hydrogens (tertiary/aromatic N) is 1. The summed E-state index contributed by atoms with van der Waals surface area (Å²) in [5, 5.41) is 8.92. The number of rotatable bonds is 4. The van der Waals surface area contributed by atoms with Crippen molar-refractivity contribution >= 4 is 10.0 Å². The molecule has 1 saturated heterocycles. The molecule has 1 aliphatic heterocycles. The summed E-state index contributed by atoms with van der Waals surface area (Å²) in [4.78, 5) is -0.301. The van der Waals surface area contributed by atoms with Crippen LogP contribution in [0.5, 0.6) is 0 Å². The van der Waals surface area contributed by atoms with E-state index >= 15 is 0 Å². The normalized spacial score (nSPS) is 20.9. The molecule has 19 heavy (non-hydrogen) atoms. The second kappa shape index (κ2) is 5.56. The molecule has 2 rings (SSSR count). The zero-order valence-electron chi connectivity index (χ0n) is 10.8. The lowest BCUT2D eigenvalue weighted by molar-refractivity contribution is 0.281. The summed E-state index contributed by atoms with van der Waals surface area (Å²) in [6, 6.07) is 3.71. The van der Waals surface area contributed by atoms with Gasteiger partial charge in [-0.15, -0.1) is 0 Å². The molecule has 106 valence electrons. The van der Waals surface area contributed by atoms with E-state index in [1.54, 1.807) is 0 Å². The van der Waals surface area contributed by atoms with Crippen LogP contribution in [0.4, 0.5) is 4.39 Å². The Morgan fingerprint density at radius 2 is 2.21 bits per heavy atom. The van der Waals surface area contributed by atoms with Crippen LogP contribution in [0.1, 0.15) is 31.7 Å². The molecule has 0 amide bonds. The first-order valence-corrected chi connectivity index (χ1v) is 7.85. The van der Waals surface area contributed by atoms with Gasteiger partial charge < -0.3 is 5.11 Å². The lowest BCUT2D eigenvalue weighted by atomic mass is 10.2. The van der Waals surface area contributed by atoms with Gasteiger partial charge >= 0.3 is 0 Å². The SMILES string of the molecule is CCC1CCCN1S(=O)(=O)c1ccc(CO)cc1F. The van der Waals surface area contributed by atoms with Crippen molar-refractivity contribution in [1.82, 2.24) is 4.31 Å². The fraction of sp³-hybridized carbons (Fsp3) is 0.538. The highest BCUT2D eigenvalue weighted by atomic mass is 32.2. The Kier molecular flexibility index (Phi) is 4.23. The van der Waals surface area contributed by atoms with Crippen LogP contribution in [0.2, 0.25) is 0 Å². The summed E-state index contributed by atoms with van der Waals surface area (Å²) in [5.41, 5.74) is 0.366. The molecule has 4 nitrogen and oxygen atoms in total. The maximum atomic E-state index is 13.9. The van der Waals surface area contributed by atoms with Crippen molar-refractivity contribution in [3.63, 3.8) is 0 Å². The lowest BCUT2D eigenvalue weighted by Gasteiger charge is -2.23. The average molecular weight is 287 g/mol. The minimum atomic E-state index is -3.78. The first-order valence-electron chi connectivity index (χ1n) is 6.41. The number of halogens is 1. The van der Waals surface area contributed by atoms with E-state index in [0.29, 0.717) is 12.1 Å². The molecule has 1 fully saturated rings. The number of aliphatic hydroxyl groups is 1. The molecule has 0 aromatic heterocycles. The topological polar surface area (TPSA) is 57.6 Å². The summed E-state index contributed by atoms with van der Waals surface area (Å²) in [6.07, 6.45) is 2.37. The second-order valence-electron chi connectivity index (χ2n) is 4.74. The van der Waals surface area contributed by atoms with Crippen molar-refractivity contribution < 1.29 is 17.9 Å². The molecule has 0 spiro atoms. The van der Waals surface area contributed by atoms with E-state index in [1.165, 1.54) is 16.4 Å². The summed E-state index contributed by atoms with van der Waals surface area (Å²) in [7, 11) is -3.78. The van der Waals surface area contributed by atoms with E-state index in [1.807, 2.05) is 6.92 Å². The smallest absolute Gasteiger partial charge is 0.246 e. The van der Waals surface area contributed by atoms with E-state index in [2.05, 4.69) is 0 Å².